The smallest absolute Gasteiger partial charge is 0.272 e. The van der Waals surface area contributed by atoms with Gasteiger partial charge in [0.15, 0.2) is 0 Å². The molecule has 3 aromatic carbocycles. The van der Waals surface area contributed by atoms with Gasteiger partial charge in [0.05, 0.1) is 5.25 Å². The largest absolute Gasteiger partial charge is 0.361 e. The number of aromatic amines is 1. The summed E-state index contributed by atoms with van der Waals surface area (Å²) < 4.78 is 0. The quantitative estimate of drug-likeness (QED) is 0.128. The molecule has 5 rings (SSSR count). The maximum Gasteiger partial charge on any atom is 0.272 e. The van der Waals surface area contributed by atoms with E-state index >= 15 is 0 Å². The zero-order valence-corrected chi connectivity index (χ0v) is 22.9. The van der Waals surface area contributed by atoms with Crippen LogP contribution in [0.3, 0.4) is 0 Å². The Morgan fingerprint density at radius 3 is 2.41 bits per heavy atom. The highest BCUT2D eigenvalue weighted by atomic mass is 32.2. The number of para-hydroxylation sites is 1. The van der Waals surface area contributed by atoms with Crippen molar-refractivity contribution < 1.29 is 14.4 Å². The lowest BCUT2D eigenvalue weighted by Crippen LogP contribution is -2.30. The minimum absolute atomic E-state index is 0.0896. The van der Waals surface area contributed by atoms with Crippen LogP contribution >= 0.6 is 11.8 Å². The minimum atomic E-state index is -0.481. The number of hydrogen-bond donors (Lipinski definition) is 4. The molecular weight excluding hydrogens is 534 g/mol. The summed E-state index contributed by atoms with van der Waals surface area (Å²) in [5.74, 6) is -1.03. The fourth-order valence-corrected chi connectivity index (χ4v) is 5.02. The van der Waals surface area contributed by atoms with Crippen LogP contribution in [0.1, 0.15) is 22.8 Å². The molecule has 5 aromatic rings. The number of carbonyl (C=O) groups is 3. The summed E-state index contributed by atoms with van der Waals surface area (Å²) in [5, 5.41) is 9.06. The van der Waals surface area contributed by atoms with Gasteiger partial charge in [0.2, 0.25) is 5.91 Å². The topological polar surface area (TPSA) is 116 Å². The molecule has 2 aromatic heterocycles. The molecule has 8 nitrogen and oxygen atoms in total. The first-order valence-electron chi connectivity index (χ1n) is 12.9. The Labute approximate surface area is 241 Å². The van der Waals surface area contributed by atoms with Gasteiger partial charge in [0.1, 0.15) is 5.70 Å². The molecule has 41 heavy (non-hydrogen) atoms. The van der Waals surface area contributed by atoms with E-state index in [1.807, 2.05) is 43.3 Å². The molecule has 0 aliphatic rings. The predicted octanol–water partition coefficient (Wildman–Crippen LogP) is 6.09. The van der Waals surface area contributed by atoms with Crippen molar-refractivity contribution in [2.45, 2.75) is 17.1 Å². The lowest BCUT2D eigenvalue weighted by molar-refractivity contribution is -0.115. The highest BCUT2D eigenvalue weighted by Crippen LogP contribution is 2.27. The molecule has 9 heteroatoms. The van der Waals surface area contributed by atoms with Crippen molar-refractivity contribution in [3.8, 4) is 0 Å². The van der Waals surface area contributed by atoms with Gasteiger partial charge in [-0.05, 0) is 61.5 Å². The van der Waals surface area contributed by atoms with E-state index < -0.39 is 17.1 Å². The van der Waals surface area contributed by atoms with Crippen molar-refractivity contribution in [2.24, 2.45) is 0 Å². The lowest BCUT2D eigenvalue weighted by atomic mass is 10.1. The Bertz CT molecular complexity index is 1720. The summed E-state index contributed by atoms with van der Waals surface area (Å²) in [6.07, 6.45) is 6.67. The molecule has 0 saturated heterocycles. The number of hydrogen-bond acceptors (Lipinski definition) is 5. The van der Waals surface area contributed by atoms with Crippen molar-refractivity contribution in [3.05, 3.63) is 126 Å². The summed E-state index contributed by atoms with van der Waals surface area (Å²) >= 11 is 1.37. The minimum Gasteiger partial charge on any atom is -0.361 e. The number of fused-ring (bicyclic) bond motifs is 1. The van der Waals surface area contributed by atoms with Crippen LogP contribution in [-0.4, -0.2) is 32.9 Å². The standard InChI is InChI=1S/C32H27N5O3S/c1-21(30(38)35-24-14-16-33-17-15-24)41-26-11-7-10-25(19-26)36-32(40)29(37-31(39)22-8-3-2-4-9-22)18-23-20-34-28-13-6-5-12-27(23)28/h2-21,34H,1H3,(H,36,40)(H,37,39)(H,33,35,38)/b29-18-. The van der Waals surface area contributed by atoms with Crippen molar-refractivity contribution in [2.75, 3.05) is 10.6 Å². The SMILES string of the molecule is CC(Sc1cccc(NC(=O)/C(=C/c2c[nH]c3ccccc23)NC(=O)c2ccccc2)c1)C(=O)Nc1ccncc1. The molecule has 1 atom stereocenters. The first-order chi connectivity index (χ1) is 20.0. The molecular formula is C32H27N5O3S. The maximum atomic E-state index is 13.5. The molecule has 2 heterocycles. The molecule has 0 aliphatic carbocycles. The van der Waals surface area contributed by atoms with E-state index in [-0.39, 0.29) is 11.6 Å². The van der Waals surface area contributed by atoms with Crippen LogP contribution in [0.15, 0.2) is 120 Å². The summed E-state index contributed by atoms with van der Waals surface area (Å²) in [6.45, 7) is 1.81. The van der Waals surface area contributed by atoms with Crippen molar-refractivity contribution in [3.63, 3.8) is 0 Å². The van der Waals surface area contributed by atoms with Gasteiger partial charge >= 0.3 is 0 Å². The third-order valence-electron chi connectivity index (χ3n) is 6.17. The second-order valence-corrected chi connectivity index (χ2v) is 10.5. The van der Waals surface area contributed by atoms with Gasteiger partial charge in [0.25, 0.3) is 11.8 Å². The molecule has 0 bridgehead atoms. The molecule has 4 N–H and O–H groups in total. The zero-order valence-electron chi connectivity index (χ0n) is 22.1. The number of nitrogens with zero attached hydrogens (tertiary/aromatic N) is 1. The van der Waals surface area contributed by atoms with E-state index in [0.29, 0.717) is 16.9 Å². The molecule has 0 radical (unpaired) electrons. The molecule has 0 spiro atoms. The summed E-state index contributed by atoms with van der Waals surface area (Å²) in [5.41, 5.74) is 3.40. The molecule has 3 amide bonds. The average molecular weight is 562 g/mol. The Kier molecular flexibility index (Phi) is 8.56. The number of H-pyrrole nitrogens is 1. The Morgan fingerprint density at radius 2 is 1.61 bits per heavy atom. The first kappa shape index (κ1) is 27.4. The van der Waals surface area contributed by atoms with Gasteiger partial charge in [-0.15, -0.1) is 11.8 Å². The zero-order chi connectivity index (χ0) is 28.6. The van der Waals surface area contributed by atoms with Gasteiger partial charge in [-0.25, -0.2) is 0 Å². The summed E-state index contributed by atoms with van der Waals surface area (Å²) in [7, 11) is 0. The Hall–Kier alpha value is -5.15. The third-order valence-corrected chi connectivity index (χ3v) is 7.27. The van der Waals surface area contributed by atoms with Crippen LogP contribution in [0.25, 0.3) is 17.0 Å². The van der Waals surface area contributed by atoms with E-state index in [2.05, 4.69) is 25.9 Å². The molecule has 204 valence electrons. The highest BCUT2D eigenvalue weighted by Gasteiger charge is 2.18. The number of amides is 3. The van der Waals surface area contributed by atoms with Crippen molar-refractivity contribution >= 4 is 57.8 Å². The number of thioether (sulfide) groups is 1. The lowest BCUT2D eigenvalue weighted by Gasteiger charge is -2.14. The molecule has 1 unspecified atom stereocenters. The van der Waals surface area contributed by atoms with E-state index in [1.165, 1.54) is 11.8 Å². The predicted molar refractivity (Wildman–Crippen MR) is 163 cm³/mol. The Balaban J connectivity index is 1.34. The summed E-state index contributed by atoms with van der Waals surface area (Å²) in [4.78, 5) is 47.1. The second-order valence-electron chi connectivity index (χ2n) is 9.13. The monoisotopic (exact) mass is 561 g/mol. The summed E-state index contributed by atoms with van der Waals surface area (Å²) in [6, 6.07) is 27.1. The van der Waals surface area contributed by atoms with Crippen molar-refractivity contribution in [1.82, 2.24) is 15.3 Å². The van der Waals surface area contributed by atoms with E-state index in [1.54, 1.807) is 79.3 Å². The number of carbonyl (C=O) groups excluding carboxylic acids is 3. The molecule has 0 fully saturated rings. The van der Waals surface area contributed by atoms with Crippen LogP contribution in [-0.2, 0) is 9.59 Å². The third kappa shape index (κ3) is 7.09. The molecule has 0 saturated carbocycles. The highest BCUT2D eigenvalue weighted by molar-refractivity contribution is 8.00. The second kappa shape index (κ2) is 12.8. The first-order valence-corrected chi connectivity index (χ1v) is 13.8. The number of aromatic nitrogens is 2. The van der Waals surface area contributed by atoms with E-state index in [0.717, 1.165) is 21.4 Å². The van der Waals surface area contributed by atoms with Crippen LogP contribution in [0.2, 0.25) is 0 Å². The van der Waals surface area contributed by atoms with Gasteiger partial charge < -0.3 is 20.9 Å². The fourth-order valence-electron chi connectivity index (χ4n) is 4.09. The average Bonchev–Trinajstić information content (AvgIpc) is 3.40. The number of anilines is 2. The normalized spacial score (nSPS) is 12.0. The fraction of sp³-hybridized carbons (Fsp3) is 0.0625. The van der Waals surface area contributed by atoms with Gasteiger partial charge in [0, 0.05) is 56.9 Å². The van der Waals surface area contributed by atoms with Crippen LogP contribution in [0.4, 0.5) is 11.4 Å². The van der Waals surface area contributed by atoms with Crippen molar-refractivity contribution in [1.29, 1.82) is 0 Å². The van der Waals surface area contributed by atoms with Crippen LogP contribution < -0.4 is 16.0 Å². The Morgan fingerprint density at radius 1 is 0.854 bits per heavy atom. The van der Waals surface area contributed by atoms with Crippen LogP contribution in [0.5, 0.6) is 0 Å². The van der Waals surface area contributed by atoms with Gasteiger partial charge in [-0.2, -0.15) is 0 Å². The number of benzene rings is 3. The maximum absolute atomic E-state index is 13.5. The molecule has 0 aliphatic heterocycles. The van der Waals surface area contributed by atoms with Gasteiger partial charge in [-0.3, -0.25) is 19.4 Å². The van der Waals surface area contributed by atoms with E-state index in [4.69, 9.17) is 0 Å². The number of pyridine rings is 1. The number of rotatable bonds is 9. The van der Waals surface area contributed by atoms with E-state index in [9.17, 15) is 14.4 Å². The van der Waals surface area contributed by atoms with Gasteiger partial charge in [-0.1, -0.05) is 42.5 Å². The number of nitrogens with one attached hydrogen (secondary N) is 4. The van der Waals surface area contributed by atoms with Crippen LogP contribution in [0, 0.1) is 0 Å².